The van der Waals surface area contributed by atoms with E-state index in [9.17, 15) is 12.8 Å². The number of methoxy groups -OCH3 is 1. The molecule has 0 saturated heterocycles. The number of hydrogen-bond acceptors (Lipinski definition) is 3. The van der Waals surface area contributed by atoms with Gasteiger partial charge in [0.25, 0.3) is 10.0 Å². The van der Waals surface area contributed by atoms with Crippen LogP contribution >= 0.6 is 27.5 Å². The molecular formula is C13H10BrClFNO3S. The average molecular weight is 395 g/mol. The third-order valence-electron chi connectivity index (χ3n) is 2.59. The summed E-state index contributed by atoms with van der Waals surface area (Å²) in [5.41, 5.74) is -0.193. The first-order valence-corrected chi connectivity index (χ1v) is 8.30. The highest BCUT2D eigenvalue weighted by atomic mass is 79.9. The van der Waals surface area contributed by atoms with Crippen molar-refractivity contribution in [2.24, 2.45) is 0 Å². The van der Waals surface area contributed by atoms with Gasteiger partial charge in [0.15, 0.2) is 0 Å². The van der Waals surface area contributed by atoms with Gasteiger partial charge in [0, 0.05) is 9.50 Å². The second-order valence-electron chi connectivity index (χ2n) is 4.02. The topological polar surface area (TPSA) is 55.4 Å². The normalized spacial score (nSPS) is 11.2. The van der Waals surface area contributed by atoms with Crippen LogP contribution in [0.25, 0.3) is 0 Å². The van der Waals surface area contributed by atoms with Crippen molar-refractivity contribution in [2.45, 2.75) is 4.90 Å². The number of sulfonamides is 1. The fourth-order valence-electron chi connectivity index (χ4n) is 1.63. The van der Waals surface area contributed by atoms with Gasteiger partial charge in [0.05, 0.1) is 12.8 Å². The number of anilines is 1. The Balaban J connectivity index is 2.45. The van der Waals surface area contributed by atoms with Crippen molar-refractivity contribution in [2.75, 3.05) is 11.8 Å². The molecular weight excluding hydrogens is 385 g/mol. The Morgan fingerprint density at radius 2 is 1.95 bits per heavy atom. The third kappa shape index (κ3) is 3.66. The van der Waals surface area contributed by atoms with Gasteiger partial charge in [0.2, 0.25) is 0 Å². The molecule has 1 N–H and O–H groups in total. The number of ether oxygens (including phenoxy) is 1. The van der Waals surface area contributed by atoms with Gasteiger partial charge < -0.3 is 4.74 Å². The highest BCUT2D eigenvalue weighted by molar-refractivity contribution is 9.10. The molecule has 0 aliphatic heterocycles. The van der Waals surface area contributed by atoms with E-state index >= 15 is 0 Å². The van der Waals surface area contributed by atoms with Crippen LogP contribution in [0.4, 0.5) is 10.1 Å². The van der Waals surface area contributed by atoms with E-state index in [-0.39, 0.29) is 21.4 Å². The summed E-state index contributed by atoms with van der Waals surface area (Å²) < 4.78 is 46.2. The summed E-state index contributed by atoms with van der Waals surface area (Å²) in [5, 5.41) is 0.176. The molecule has 0 saturated carbocycles. The monoisotopic (exact) mass is 393 g/mol. The van der Waals surface area contributed by atoms with Crippen LogP contribution in [0.5, 0.6) is 5.75 Å². The van der Waals surface area contributed by atoms with Crippen molar-refractivity contribution in [3.05, 3.63) is 51.7 Å². The summed E-state index contributed by atoms with van der Waals surface area (Å²) in [6.45, 7) is 0. The molecule has 2 rings (SSSR count). The quantitative estimate of drug-likeness (QED) is 0.851. The van der Waals surface area contributed by atoms with E-state index < -0.39 is 15.8 Å². The number of halogens is 3. The van der Waals surface area contributed by atoms with Gasteiger partial charge in [-0.15, -0.1) is 0 Å². The highest BCUT2D eigenvalue weighted by Gasteiger charge is 2.21. The Hall–Kier alpha value is -1.31. The molecule has 2 aromatic carbocycles. The molecule has 0 fully saturated rings. The maximum atomic E-state index is 13.7. The van der Waals surface area contributed by atoms with Gasteiger partial charge in [-0.05, 0) is 36.4 Å². The molecule has 0 aromatic heterocycles. The first-order valence-electron chi connectivity index (χ1n) is 5.65. The van der Waals surface area contributed by atoms with Crippen molar-refractivity contribution in [1.29, 1.82) is 0 Å². The Bertz CT molecular complexity index is 783. The second-order valence-corrected chi connectivity index (χ2v) is 7.03. The minimum absolute atomic E-state index is 0.103. The van der Waals surface area contributed by atoms with Crippen LogP contribution in [0.2, 0.25) is 5.02 Å². The third-order valence-corrected chi connectivity index (χ3v) is 4.71. The number of nitrogens with one attached hydrogen (secondary N) is 1. The zero-order valence-corrected chi connectivity index (χ0v) is 13.9. The van der Waals surface area contributed by atoms with E-state index in [2.05, 4.69) is 20.7 Å². The Morgan fingerprint density at radius 3 is 2.57 bits per heavy atom. The van der Waals surface area contributed by atoms with Gasteiger partial charge in [-0.2, -0.15) is 0 Å². The molecule has 0 heterocycles. The SMILES string of the molecule is COc1ccc(Br)cc1S(=O)(=O)Nc1ccc(Cl)cc1F. The predicted octanol–water partition coefficient (Wildman–Crippen LogP) is 4.05. The Kier molecular flexibility index (Phi) is 4.75. The number of hydrogen-bond donors (Lipinski definition) is 1. The molecule has 2 aromatic rings. The lowest BCUT2D eigenvalue weighted by atomic mass is 10.3. The fraction of sp³-hybridized carbons (Fsp3) is 0.0769. The van der Waals surface area contributed by atoms with Crippen molar-refractivity contribution < 1.29 is 17.5 Å². The molecule has 0 unspecified atom stereocenters. The van der Waals surface area contributed by atoms with Crippen LogP contribution < -0.4 is 9.46 Å². The molecule has 8 heteroatoms. The lowest BCUT2D eigenvalue weighted by Gasteiger charge is -2.12. The molecule has 21 heavy (non-hydrogen) atoms. The summed E-state index contributed by atoms with van der Waals surface area (Å²) in [7, 11) is -2.65. The first kappa shape index (κ1) is 16.1. The van der Waals surface area contributed by atoms with E-state index in [1.54, 1.807) is 6.07 Å². The molecule has 0 aliphatic rings. The first-order chi connectivity index (χ1) is 9.83. The van der Waals surface area contributed by atoms with E-state index in [0.717, 1.165) is 6.07 Å². The molecule has 4 nitrogen and oxygen atoms in total. The zero-order valence-electron chi connectivity index (χ0n) is 10.7. The van der Waals surface area contributed by atoms with Gasteiger partial charge >= 0.3 is 0 Å². The second kappa shape index (κ2) is 6.21. The van der Waals surface area contributed by atoms with E-state index in [1.165, 1.54) is 31.4 Å². The van der Waals surface area contributed by atoms with Crippen molar-refractivity contribution >= 4 is 43.2 Å². The zero-order chi connectivity index (χ0) is 15.6. The smallest absolute Gasteiger partial charge is 0.265 e. The maximum Gasteiger partial charge on any atom is 0.265 e. The lowest BCUT2D eigenvalue weighted by Crippen LogP contribution is -2.15. The molecule has 0 amide bonds. The minimum Gasteiger partial charge on any atom is -0.495 e. The number of rotatable bonds is 4. The van der Waals surface area contributed by atoms with Crippen molar-refractivity contribution in [3.63, 3.8) is 0 Å². The summed E-state index contributed by atoms with van der Waals surface area (Å²) in [6, 6.07) is 8.17. The Labute approximate surface area is 135 Å². The van der Waals surface area contributed by atoms with E-state index in [0.29, 0.717) is 4.47 Å². The standard InChI is InChI=1S/C13H10BrClFNO3S/c1-20-12-5-2-8(14)6-13(12)21(18,19)17-11-4-3-9(15)7-10(11)16/h2-7,17H,1H3. The molecule has 0 radical (unpaired) electrons. The summed E-state index contributed by atoms with van der Waals surface area (Å²) >= 11 is 8.82. The number of benzene rings is 2. The van der Waals surface area contributed by atoms with E-state index in [4.69, 9.17) is 16.3 Å². The summed E-state index contributed by atoms with van der Waals surface area (Å²) in [5.74, 6) is -0.611. The van der Waals surface area contributed by atoms with Gasteiger partial charge in [-0.25, -0.2) is 12.8 Å². The lowest BCUT2D eigenvalue weighted by molar-refractivity contribution is 0.402. The largest absolute Gasteiger partial charge is 0.495 e. The molecule has 0 aliphatic carbocycles. The molecule has 112 valence electrons. The average Bonchev–Trinajstić information content (AvgIpc) is 2.42. The van der Waals surface area contributed by atoms with Crippen LogP contribution in [0.3, 0.4) is 0 Å². The van der Waals surface area contributed by atoms with Crippen molar-refractivity contribution in [3.8, 4) is 5.75 Å². The fourth-order valence-corrected chi connectivity index (χ4v) is 3.57. The molecule has 0 spiro atoms. The predicted molar refractivity (Wildman–Crippen MR) is 82.9 cm³/mol. The van der Waals surface area contributed by atoms with Crippen LogP contribution in [-0.4, -0.2) is 15.5 Å². The van der Waals surface area contributed by atoms with Crippen molar-refractivity contribution in [1.82, 2.24) is 0 Å². The maximum absolute atomic E-state index is 13.7. The molecule has 0 bridgehead atoms. The van der Waals surface area contributed by atoms with Gasteiger partial charge in [-0.1, -0.05) is 27.5 Å². The highest BCUT2D eigenvalue weighted by Crippen LogP contribution is 2.29. The van der Waals surface area contributed by atoms with Crippen LogP contribution in [0.15, 0.2) is 45.8 Å². The van der Waals surface area contributed by atoms with Gasteiger partial charge in [-0.3, -0.25) is 4.72 Å². The van der Waals surface area contributed by atoms with Crippen LogP contribution in [0, 0.1) is 5.82 Å². The summed E-state index contributed by atoms with van der Waals surface area (Å²) in [6.07, 6.45) is 0. The Morgan fingerprint density at radius 1 is 1.24 bits per heavy atom. The van der Waals surface area contributed by atoms with Crippen LogP contribution in [0.1, 0.15) is 0 Å². The minimum atomic E-state index is -4.00. The van der Waals surface area contributed by atoms with Gasteiger partial charge in [0.1, 0.15) is 16.5 Å². The molecule has 0 atom stereocenters. The summed E-state index contributed by atoms with van der Waals surface area (Å²) in [4.78, 5) is -0.103. The van der Waals surface area contributed by atoms with E-state index in [1.807, 2.05) is 0 Å². The van der Waals surface area contributed by atoms with Crippen LogP contribution in [-0.2, 0) is 10.0 Å².